The van der Waals surface area contributed by atoms with Crippen LogP contribution < -0.4 is 0 Å². The second-order valence-corrected chi connectivity index (χ2v) is 4.57. The molecule has 3 aromatic rings. The Bertz CT molecular complexity index is 729. The number of fused-ring (bicyclic) bond motifs is 1. The highest BCUT2D eigenvalue weighted by atomic mass is 16.1. The smallest absolute Gasteiger partial charge is 0.176 e. The standard InChI is InChI=1S/C16H14N2O/c1-12(19)15-7-8-16-14(17-9-10-18(15)16)11-13-5-3-2-4-6-13/h2-10H,11H2,1H3. The van der Waals surface area contributed by atoms with Crippen LogP contribution in [0.15, 0.2) is 54.9 Å². The molecule has 0 aliphatic heterocycles. The Balaban J connectivity index is 2.07. The molecule has 3 rings (SSSR count). The lowest BCUT2D eigenvalue weighted by atomic mass is 10.1. The number of ketones is 1. The Labute approximate surface area is 111 Å². The summed E-state index contributed by atoms with van der Waals surface area (Å²) in [7, 11) is 0. The van der Waals surface area contributed by atoms with E-state index < -0.39 is 0 Å². The Morgan fingerprint density at radius 1 is 1.16 bits per heavy atom. The van der Waals surface area contributed by atoms with Crippen LogP contribution >= 0.6 is 0 Å². The number of hydrogen-bond acceptors (Lipinski definition) is 2. The highest BCUT2D eigenvalue weighted by Crippen LogP contribution is 2.16. The molecular weight excluding hydrogens is 236 g/mol. The van der Waals surface area contributed by atoms with Crippen molar-refractivity contribution in [1.82, 2.24) is 9.38 Å². The van der Waals surface area contributed by atoms with Gasteiger partial charge in [0.15, 0.2) is 5.78 Å². The van der Waals surface area contributed by atoms with Gasteiger partial charge in [0.1, 0.15) is 0 Å². The van der Waals surface area contributed by atoms with Crippen LogP contribution in [0.2, 0.25) is 0 Å². The van der Waals surface area contributed by atoms with Crippen molar-refractivity contribution in [3.05, 3.63) is 71.8 Å². The average molecular weight is 250 g/mol. The molecule has 2 aromatic heterocycles. The zero-order chi connectivity index (χ0) is 13.2. The third-order valence-corrected chi connectivity index (χ3v) is 3.24. The van der Waals surface area contributed by atoms with E-state index in [-0.39, 0.29) is 5.78 Å². The summed E-state index contributed by atoms with van der Waals surface area (Å²) in [5.41, 5.74) is 3.90. The van der Waals surface area contributed by atoms with E-state index in [0.29, 0.717) is 5.69 Å². The molecule has 0 atom stereocenters. The van der Waals surface area contributed by atoms with Gasteiger partial charge in [0.25, 0.3) is 0 Å². The van der Waals surface area contributed by atoms with Gasteiger partial charge in [-0.1, -0.05) is 30.3 Å². The van der Waals surface area contributed by atoms with Gasteiger partial charge < -0.3 is 4.40 Å². The number of carbonyl (C=O) groups excluding carboxylic acids is 1. The van der Waals surface area contributed by atoms with E-state index in [1.54, 1.807) is 13.1 Å². The van der Waals surface area contributed by atoms with Gasteiger partial charge in [-0.2, -0.15) is 0 Å². The first-order chi connectivity index (χ1) is 9.25. The lowest BCUT2D eigenvalue weighted by molar-refractivity contribution is 0.101. The van der Waals surface area contributed by atoms with Gasteiger partial charge in [0, 0.05) is 25.7 Å². The van der Waals surface area contributed by atoms with Crippen molar-refractivity contribution in [3.63, 3.8) is 0 Å². The second-order valence-electron chi connectivity index (χ2n) is 4.57. The number of hydrogen-bond donors (Lipinski definition) is 0. The number of Topliss-reactive ketones (excluding diaryl/α,β-unsaturated/α-hetero) is 1. The second kappa shape index (κ2) is 4.69. The molecule has 19 heavy (non-hydrogen) atoms. The molecule has 0 radical (unpaired) electrons. The number of nitrogens with zero attached hydrogens (tertiary/aromatic N) is 2. The van der Waals surface area contributed by atoms with Gasteiger partial charge in [-0.05, 0) is 17.7 Å². The predicted molar refractivity (Wildman–Crippen MR) is 74.4 cm³/mol. The minimum Gasteiger partial charge on any atom is -0.311 e. The van der Waals surface area contributed by atoms with E-state index in [2.05, 4.69) is 17.1 Å². The zero-order valence-corrected chi connectivity index (χ0v) is 10.7. The molecule has 0 fully saturated rings. The zero-order valence-electron chi connectivity index (χ0n) is 10.7. The number of aromatic nitrogens is 2. The van der Waals surface area contributed by atoms with Crippen LogP contribution in [-0.4, -0.2) is 15.2 Å². The number of carbonyl (C=O) groups is 1. The van der Waals surface area contributed by atoms with Crippen LogP contribution in [0.5, 0.6) is 0 Å². The fourth-order valence-electron chi connectivity index (χ4n) is 2.31. The molecular formula is C16H14N2O. The van der Waals surface area contributed by atoms with Crippen LogP contribution in [0.3, 0.4) is 0 Å². The lowest BCUT2D eigenvalue weighted by Crippen LogP contribution is -2.01. The number of rotatable bonds is 3. The first kappa shape index (κ1) is 11.7. The Hall–Kier alpha value is -2.42. The van der Waals surface area contributed by atoms with Gasteiger partial charge in [0.2, 0.25) is 0 Å². The summed E-state index contributed by atoms with van der Waals surface area (Å²) in [6.45, 7) is 1.58. The molecule has 0 unspecified atom stereocenters. The van der Waals surface area contributed by atoms with Gasteiger partial charge in [-0.3, -0.25) is 9.78 Å². The van der Waals surface area contributed by atoms with Crippen LogP contribution in [0.1, 0.15) is 28.7 Å². The molecule has 94 valence electrons. The van der Waals surface area contributed by atoms with Gasteiger partial charge in [-0.15, -0.1) is 0 Å². The maximum absolute atomic E-state index is 11.5. The Morgan fingerprint density at radius 3 is 2.68 bits per heavy atom. The Morgan fingerprint density at radius 2 is 1.95 bits per heavy atom. The van der Waals surface area contributed by atoms with E-state index in [1.165, 1.54) is 5.56 Å². The molecule has 0 aliphatic rings. The van der Waals surface area contributed by atoms with E-state index in [9.17, 15) is 4.79 Å². The third kappa shape index (κ3) is 2.15. The van der Waals surface area contributed by atoms with E-state index in [1.807, 2.05) is 40.9 Å². The first-order valence-corrected chi connectivity index (χ1v) is 6.25. The molecule has 0 saturated heterocycles. The minimum atomic E-state index is 0.0665. The van der Waals surface area contributed by atoms with Crippen LogP contribution in [0.25, 0.3) is 5.52 Å². The van der Waals surface area contributed by atoms with Crippen molar-refractivity contribution in [2.45, 2.75) is 13.3 Å². The molecule has 0 N–H and O–H groups in total. The minimum absolute atomic E-state index is 0.0665. The van der Waals surface area contributed by atoms with E-state index >= 15 is 0 Å². The van der Waals surface area contributed by atoms with Gasteiger partial charge in [0.05, 0.1) is 16.9 Å². The summed E-state index contributed by atoms with van der Waals surface area (Å²) in [5.74, 6) is 0.0665. The van der Waals surface area contributed by atoms with Crippen LogP contribution in [0, 0.1) is 0 Å². The summed E-state index contributed by atoms with van der Waals surface area (Å²) in [6, 6.07) is 14.0. The lowest BCUT2D eigenvalue weighted by Gasteiger charge is -2.05. The molecule has 3 heteroatoms. The summed E-state index contributed by atoms with van der Waals surface area (Å²) < 4.78 is 1.91. The predicted octanol–water partition coefficient (Wildman–Crippen LogP) is 3.13. The molecule has 0 aliphatic carbocycles. The normalized spacial score (nSPS) is 10.8. The van der Waals surface area contributed by atoms with Crippen LogP contribution in [-0.2, 0) is 6.42 Å². The average Bonchev–Trinajstić information content (AvgIpc) is 2.85. The maximum Gasteiger partial charge on any atom is 0.176 e. The number of benzene rings is 1. The molecule has 3 nitrogen and oxygen atoms in total. The largest absolute Gasteiger partial charge is 0.311 e. The summed E-state index contributed by atoms with van der Waals surface area (Å²) in [6.07, 6.45) is 4.35. The van der Waals surface area contributed by atoms with E-state index in [4.69, 9.17) is 0 Å². The highest BCUT2D eigenvalue weighted by Gasteiger charge is 2.09. The molecule has 0 spiro atoms. The summed E-state index contributed by atoms with van der Waals surface area (Å²) in [5, 5.41) is 0. The SMILES string of the molecule is CC(=O)c1ccc2c(Cc3ccccc3)nccn12. The fourth-order valence-corrected chi connectivity index (χ4v) is 2.31. The van der Waals surface area contributed by atoms with Gasteiger partial charge in [-0.25, -0.2) is 0 Å². The first-order valence-electron chi connectivity index (χ1n) is 6.25. The fraction of sp³-hybridized carbons (Fsp3) is 0.125. The molecule has 2 heterocycles. The summed E-state index contributed by atoms with van der Waals surface area (Å²) >= 11 is 0. The monoisotopic (exact) mass is 250 g/mol. The molecule has 0 bridgehead atoms. The van der Waals surface area contributed by atoms with Crippen molar-refractivity contribution in [2.24, 2.45) is 0 Å². The topological polar surface area (TPSA) is 34.4 Å². The molecule has 1 aromatic carbocycles. The van der Waals surface area contributed by atoms with E-state index in [0.717, 1.165) is 17.6 Å². The van der Waals surface area contributed by atoms with Crippen molar-refractivity contribution >= 4 is 11.3 Å². The van der Waals surface area contributed by atoms with Crippen molar-refractivity contribution in [2.75, 3.05) is 0 Å². The Kier molecular flexibility index (Phi) is 2.88. The van der Waals surface area contributed by atoms with Crippen molar-refractivity contribution < 1.29 is 4.79 Å². The van der Waals surface area contributed by atoms with Gasteiger partial charge >= 0.3 is 0 Å². The summed E-state index contributed by atoms with van der Waals surface area (Å²) in [4.78, 5) is 16.0. The van der Waals surface area contributed by atoms with Crippen molar-refractivity contribution in [1.29, 1.82) is 0 Å². The maximum atomic E-state index is 11.5. The van der Waals surface area contributed by atoms with Crippen molar-refractivity contribution in [3.8, 4) is 0 Å². The highest BCUT2D eigenvalue weighted by molar-refractivity contribution is 5.94. The third-order valence-electron chi connectivity index (χ3n) is 3.24. The molecule has 0 saturated carbocycles. The van der Waals surface area contributed by atoms with Crippen LogP contribution in [0.4, 0.5) is 0 Å². The molecule has 0 amide bonds. The quantitative estimate of drug-likeness (QED) is 0.669.